The van der Waals surface area contributed by atoms with Crippen molar-refractivity contribution in [1.82, 2.24) is 20.7 Å². The third kappa shape index (κ3) is 5.62. The van der Waals surface area contributed by atoms with Gasteiger partial charge in [0, 0.05) is 17.3 Å². The number of aromatic nitrogens is 1. The van der Waals surface area contributed by atoms with Gasteiger partial charge in [-0.1, -0.05) is 6.07 Å². The molecule has 2 rings (SSSR count). The van der Waals surface area contributed by atoms with Crippen molar-refractivity contribution in [3.63, 3.8) is 0 Å². The lowest BCUT2D eigenvalue weighted by Crippen LogP contribution is -2.54. The first-order chi connectivity index (χ1) is 14.0. The van der Waals surface area contributed by atoms with Crippen LogP contribution in [0.5, 0.6) is 5.75 Å². The van der Waals surface area contributed by atoms with Gasteiger partial charge in [-0.3, -0.25) is 24.6 Å². The standard InChI is InChI=1S/C17H18F3N5O5/c1-30-12-4-2-3-10-9(12)7-11(23-10)15(28)22-8-14(27)24-25(6-5-13(21)26)16(29)17(18,19)20/h2-4,7,23H,5-6,8H2,1H3,(H2,21,26)(H,22,28)(H,24,27). The Labute approximate surface area is 167 Å². The number of nitrogens with one attached hydrogen (secondary N) is 3. The number of hydrogen-bond donors (Lipinski definition) is 4. The Morgan fingerprint density at radius 3 is 2.53 bits per heavy atom. The Bertz CT molecular complexity index is 972. The first kappa shape index (κ1) is 22.5. The van der Waals surface area contributed by atoms with Gasteiger partial charge >= 0.3 is 12.1 Å². The Hall–Kier alpha value is -3.77. The number of hydrazine groups is 1. The van der Waals surface area contributed by atoms with Crippen LogP contribution in [0.3, 0.4) is 0 Å². The van der Waals surface area contributed by atoms with E-state index in [1.807, 2.05) is 0 Å². The van der Waals surface area contributed by atoms with Gasteiger partial charge in [0.1, 0.15) is 11.4 Å². The summed E-state index contributed by atoms with van der Waals surface area (Å²) >= 11 is 0. The first-order valence-corrected chi connectivity index (χ1v) is 8.43. The van der Waals surface area contributed by atoms with E-state index < -0.39 is 49.3 Å². The Morgan fingerprint density at radius 2 is 1.93 bits per heavy atom. The molecule has 0 bridgehead atoms. The number of nitrogens with two attached hydrogens (primary N) is 1. The maximum Gasteiger partial charge on any atom is 0.473 e. The van der Waals surface area contributed by atoms with Crippen LogP contribution >= 0.6 is 0 Å². The largest absolute Gasteiger partial charge is 0.496 e. The summed E-state index contributed by atoms with van der Waals surface area (Å²) in [6.07, 6.45) is -5.89. The molecule has 5 N–H and O–H groups in total. The molecular weight excluding hydrogens is 411 g/mol. The lowest BCUT2D eigenvalue weighted by atomic mass is 10.2. The molecule has 0 saturated heterocycles. The van der Waals surface area contributed by atoms with Crippen LogP contribution in [0.1, 0.15) is 16.9 Å². The number of ether oxygens (including phenoxy) is 1. The maximum absolute atomic E-state index is 12.6. The molecule has 0 aliphatic carbocycles. The van der Waals surface area contributed by atoms with Gasteiger partial charge in [0.25, 0.3) is 11.8 Å². The second-order valence-electron chi connectivity index (χ2n) is 5.99. The monoisotopic (exact) mass is 429 g/mol. The molecule has 0 aliphatic heterocycles. The van der Waals surface area contributed by atoms with Gasteiger partial charge in [-0.2, -0.15) is 13.2 Å². The number of nitrogens with zero attached hydrogens (tertiary/aromatic N) is 1. The highest BCUT2D eigenvalue weighted by molar-refractivity contribution is 6.01. The molecule has 0 fully saturated rings. The predicted octanol–water partition coefficient (Wildman–Crippen LogP) is 0.204. The molecule has 4 amide bonds. The topological polar surface area (TPSA) is 147 Å². The zero-order valence-corrected chi connectivity index (χ0v) is 15.6. The number of rotatable bonds is 7. The van der Waals surface area contributed by atoms with Crippen LogP contribution in [0.15, 0.2) is 24.3 Å². The van der Waals surface area contributed by atoms with Crippen molar-refractivity contribution in [2.75, 3.05) is 20.2 Å². The zero-order valence-electron chi connectivity index (χ0n) is 15.6. The second-order valence-corrected chi connectivity index (χ2v) is 5.99. The number of primary amides is 1. The van der Waals surface area contributed by atoms with Crippen LogP contribution in [-0.2, 0) is 14.4 Å². The third-order valence-electron chi connectivity index (χ3n) is 3.83. The highest BCUT2D eigenvalue weighted by Crippen LogP contribution is 2.25. The van der Waals surface area contributed by atoms with E-state index in [0.29, 0.717) is 16.7 Å². The van der Waals surface area contributed by atoms with Crippen molar-refractivity contribution >= 4 is 34.5 Å². The van der Waals surface area contributed by atoms with Gasteiger partial charge in [-0.05, 0) is 18.2 Å². The minimum absolute atomic E-state index is 0.0763. The van der Waals surface area contributed by atoms with E-state index in [4.69, 9.17) is 10.5 Å². The first-order valence-electron chi connectivity index (χ1n) is 8.43. The molecule has 30 heavy (non-hydrogen) atoms. The average molecular weight is 429 g/mol. The molecule has 162 valence electrons. The minimum atomic E-state index is -5.28. The summed E-state index contributed by atoms with van der Waals surface area (Å²) in [6.45, 7) is -1.52. The fourth-order valence-corrected chi connectivity index (χ4v) is 2.46. The second kappa shape index (κ2) is 9.15. The SMILES string of the molecule is COc1cccc2[nH]c(C(=O)NCC(=O)NN(CCC(N)=O)C(=O)C(F)(F)F)cc12. The minimum Gasteiger partial charge on any atom is -0.496 e. The number of aromatic amines is 1. The summed E-state index contributed by atoms with van der Waals surface area (Å²) in [6, 6.07) is 6.56. The molecule has 0 saturated carbocycles. The van der Waals surface area contributed by atoms with E-state index in [9.17, 15) is 32.3 Å². The number of carbonyl (C=O) groups is 4. The highest BCUT2D eigenvalue weighted by atomic mass is 19.4. The zero-order chi connectivity index (χ0) is 22.5. The number of hydrogen-bond acceptors (Lipinski definition) is 5. The summed E-state index contributed by atoms with van der Waals surface area (Å²) in [4.78, 5) is 49.1. The molecule has 10 nitrogen and oxygen atoms in total. The molecular formula is C17H18F3N5O5. The number of halogens is 3. The quantitative estimate of drug-likeness (QED) is 0.465. The third-order valence-corrected chi connectivity index (χ3v) is 3.83. The van der Waals surface area contributed by atoms with Crippen LogP contribution in [-0.4, -0.2) is 60.0 Å². The molecule has 0 unspecified atom stereocenters. The summed E-state index contributed by atoms with van der Waals surface area (Å²) in [7, 11) is 1.46. The van der Waals surface area contributed by atoms with E-state index in [2.05, 4.69) is 10.3 Å². The van der Waals surface area contributed by atoms with Crippen molar-refractivity contribution in [1.29, 1.82) is 0 Å². The van der Waals surface area contributed by atoms with Crippen molar-refractivity contribution in [2.45, 2.75) is 12.6 Å². The lowest BCUT2D eigenvalue weighted by Gasteiger charge is -2.23. The van der Waals surface area contributed by atoms with Crippen LogP contribution in [0.2, 0.25) is 0 Å². The van der Waals surface area contributed by atoms with E-state index in [1.165, 1.54) is 13.2 Å². The van der Waals surface area contributed by atoms with Gasteiger partial charge in [0.15, 0.2) is 0 Å². The Balaban J connectivity index is 2.01. The van der Waals surface area contributed by atoms with Crippen LogP contribution < -0.4 is 21.2 Å². The van der Waals surface area contributed by atoms with Crippen LogP contribution in [0.4, 0.5) is 13.2 Å². The summed E-state index contributed by atoms with van der Waals surface area (Å²) < 4.78 is 43.1. The molecule has 0 radical (unpaired) electrons. The van der Waals surface area contributed by atoms with Crippen molar-refractivity contribution < 1.29 is 37.1 Å². The van der Waals surface area contributed by atoms with Gasteiger partial charge in [0.05, 0.1) is 20.2 Å². The summed E-state index contributed by atoms with van der Waals surface area (Å²) in [5.41, 5.74) is 7.24. The number of carbonyl (C=O) groups excluding carboxylic acids is 4. The van der Waals surface area contributed by atoms with Crippen molar-refractivity contribution in [3.8, 4) is 5.75 Å². The molecule has 1 aromatic heterocycles. The number of benzene rings is 1. The number of H-pyrrole nitrogens is 1. The van der Waals surface area contributed by atoms with Gasteiger partial charge in [0.2, 0.25) is 5.91 Å². The molecule has 0 atom stereocenters. The Morgan fingerprint density at radius 1 is 1.23 bits per heavy atom. The summed E-state index contributed by atoms with van der Waals surface area (Å²) in [5.74, 6) is -4.66. The molecule has 1 heterocycles. The van der Waals surface area contributed by atoms with E-state index in [0.717, 1.165) is 0 Å². The number of fused-ring (bicyclic) bond motifs is 1. The average Bonchev–Trinajstić information content (AvgIpc) is 3.12. The van der Waals surface area contributed by atoms with E-state index >= 15 is 0 Å². The fraction of sp³-hybridized carbons (Fsp3) is 0.294. The van der Waals surface area contributed by atoms with Crippen molar-refractivity contribution in [3.05, 3.63) is 30.0 Å². The van der Waals surface area contributed by atoms with E-state index in [-0.39, 0.29) is 10.7 Å². The molecule has 2 aromatic rings. The van der Waals surface area contributed by atoms with Gasteiger partial charge in [-0.25, -0.2) is 5.01 Å². The number of alkyl halides is 3. The van der Waals surface area contributed by atoms with Crippen LogP contribution in [0.25, 0.3) is 10.9 Å². The highest BCUT2D eigenvalue weighted by Gasteiger charge is 2.43. The van der Waals surface area contributed by atoms with Crippen LogP contribution in [0, 0.1) is 0 Å². The van der Waals surface area contributed by atoms with E-state index in [1.54, 1.807) is 23.6 Å². The molecule has 0 aliphatic rings. The smallest absolute Gasteiger partial charge is 0.473 e. The number of amides is 4. The van der Waals surface area contributed by atoms with Gasteiger partial charge < -0.3 is 20.8 Å². The number of methoxy groups -OCH3 is 1. The predicted molar refractivity (Wildman–Crippen MR) is 96.9 cm³/mol. The normalized spacial score (nSPS) is 11.1. The van der Waals surface area contributed by atoms with Gasteiger partial charge in [-0.15, -0.1) is 0 Å². The summed E-state index contributed by atoms with van der Waals surface area (Å²) in [5, 5.41) is 2.75. The fourth-order valence-electron chi connectivity index (χ4n) is 2.46. The Kier molecular flexibility index (Phi) is 6.87. The maximum atomic E-state index is 12.6. The van der Waals surface area contributed by atoms with Crippen molar-refractivity contribution in [2.24, 2.45) is 5.73 Å². The lowest BCUT2D eigenvalue weighted by molar-refractivity contribution is -0.189. The molecule has 0 spiro atoms. The molecule has 13 heteroatoms. The molecule has 1 aromatic carbocycles.